The third kappa shape index (κ3) is 5.81. The third-order valence-corrected chi connectivity index (χ3v) is 11.2. The van der Waals surface area contributed by atoms with Gasteiger partial charge in [-0.1, -0.05) is 97.1 Å². The minimum absolute atomic E-state index is 0.221. The van der Waals surface area contributed by atoms with Crippen LogP contribution in [0.1, 0.15) is 10.4 Å². The zero-order valence-electron chi connectivity index (χ0n) is 27.6. The predicted octanol–water partition coefficient (Wildman–Crippen LogP) is 9.56. The van der Waals surface area contributed by atoms with Crippen LogP contribution >= 0.6 is 0 Å². The summed E-state index contributed by atoms with van der Waals surface area (Å²) in [7, 11) is -4.09. The van der Waals surface area contributed by atoms with Crippen molar-refractivity contribution in [3.63, 3.8) is 0 Å². The number of nitrogens with zero attached hydrogens (tertiary/aromatic N) is 1. The van der Waals surface area contributed by atoms with Gasteiger partial charge in [0, 0.05) is 17.7 Å². The number of fused-ring (bicyclic) bond motifs is 6. The maximum atomic E-state index is 14.3. The van der Waals surface area contributed by atoms with Gasteiger partial charge in [0.1, 0.15) is 0 Å². The molecule has 0 bridgehead atoms. The van der Waals surface area contributed by atoms with Gasteiger partial charge in [-0.05, 0) is 102 Å². The van der Waals surface area contributed by atoms with E-state index >= 15 is 0 Å². The van der Waals surface area contributed by atoms with Crippen molar-refractivity contribution in [1.29, 1.82) is 0 Å². The first-order chi connectivity index (χ1) is 25.2. The lowest BCUT2D eigenvalue weighted by molar-refractivity contribution is -0.384. The fourth-order valence-corrected chi connectivity index (χ4v) is 8.26. The molecule has 1 amide bonds. The van der Waals surface area contributed by atoms with Gasteiger partial charge in [-0.3, -0.25) is 14.9 Å². The number of carbonyl (C=O) groups excluding carboxylic acids is 1. The zero-order chi connectivity index (χ0) is 36.0. The normalized spacial score (nSPS) is 11.7. The minimum Gasteiger partial charge on any atom is -0.395 e. The number of carbonyl (C=O) groups is 1. The summed E-state index contributed by atoms with van der Waals surface area (Å²) in [6.07, 6.45) is 0. The maximum absolute atomic E-state index is 14.3. The number of amides is 1. The summed E-state index contributed by atoms with van der Waals surface area (Å²) in [5, 5.41) is 32.2. The molecule has 52 heavy (non-hydrogen) atoms. The van der Waals surface area contributed by atoms with E-state index in [1.54, 1.807) is 12.1 Å². The van der Waals surface area contributed by atoms with Gasteiger partial charge in [0.2, 0.25) is 0 Å². The van der Waals surface area contributed by atoms with Crippen molar-refractivity contribution in [2.75, 3.05) is 17.7 Å². The van der Waals surface area contributed by atoms with Gasteiger partial charge in [-0.15, -0.1) is 0 Å². The first-order valence-electron chi connectivity index (χ1n) is 16.6. The number of benzene rings is 8. The van der Waals surface area contributed by atoms with Crippen LogP contribution in [-0.4, -0.2) is 36.7 Å². The standard InChI is InChI=1S/C43H30N2O6S/c46-19-20-52(50,51)42-18-17-32(45(48)49)26-41(42)44-43(47)31-22-29(39-24-27-9-1-3-11-33(27)35-13-5-7-15-37(35)39)21-30(23-31)40-25-28-10-2-4-12-34(28)36-14-6-8-16-38(36)40/h1-18,21-26,46H,19-20H2,(H,44,47). The Morgan fingerprint density at radius 3 is 1.60 bits per heavy atom. The molecule has 0 aliphatic carbocycles. The number of hydrogen-bond acceptors (Lipinski definition) is 6. The monoisotopic (exact) mass is 702 g/mol. The summed E-state index contributed by atoms with van der Waals surface area (Å²) in [6, 6.07) is 45.4. The molecule has 0 unspecified atom stereocenters. The van der Waals surface area contributed by atoms with Crippen LogP contribution in [0.15, 0.2) is 150 Å². The van der Waals surface area contributed by atoms with E-state index in [9.17, 15) is 28.4 Å². The van der Waals surface area contributed by atoms with Gasteiger partial charge in [-0.25, -0.2) is 8.42 Å². The number of hydrogen-bond donors (Lipinski definition) is 2. The van der Waals surface area contributed by atoms with Crippen LogP contribution in [-0.2, 0) is 9.84 Å². The van der Waals surface area contributed by atoms with Gasteiger partial charge in [0.05, 0.1) is 27.9 Å². The number of rotatable bonds is 8. The molecule has 0 radical (unpaired) electrons. The fraction of sp³-hybridized carbons (Fsp3) is 0.0465. The van der Waals surface area contributed by atoms with Crippen molar-refractivity contribution in [2.24, 2.45) is 0 Å². The molecule has 8 nitrogen and oxygen atoms in total. The van der Waals surface area contributed by atoms with E-state index < -0.39 is 38.7 Å². The number of nitro groups is 1. The summed E-state index contributed by atoms with van der Waals surface area (Å²) >= 11 is 0. The number of aliphatic hydroxyl groups is 1. The Bertz CT molecular complexity index is 2730. The molecule has 0 atom stereocenters. The lowest BCUT2D eigenvalue weighted by Gasteiger charge is -2.17. The smallest absolute Gasteiger partial charge is 0.271 e. The van der Waals surface area contributed by atoms with E-state index in [0.29, 0.717) is 0 Å². The van der Waals surface area contributed by atoms with E-state index in [4.69, 9.17) is 0 Å². The Hall–Kier alpha value is -6.42. The van der Waals surface area contributed by atoms with Gasteiger partial charge >= 0.3 is 0 Å². The van der Waals surface area contributed by atoms with E-state index in [1.165, 1.54) is 0 Å². The Kier molecular flexibility index (Phi) is 8.22. The zero-order valence-corrected chi connectivity index (χ0v) is 28.4. The molecule has 8 aromatic rings. The molecule has 9 heteroatoms. The lowest BCUT2D eigenvalue weighted by Crippen LogP contribution is -2.17. The van der Waals surface area contributed by atoms with Crippen molar-refractivity contribution in [3.05, 3.63) is 161 Å². The van der Waals surface area contributed by atoms with E-state index in [2.05, 4.69) is 72.0 Å². The maximum Gasteiger partial charge on any atom is 0.271 e. The highest BCUT2D eigenvalue weighted by atomic mass is 32.2. The van der Waals surface area contributed by atoms with Crippen molar-refractivity contribution >= 4 is 70.2 Å². The van der Waals surface area contributed by atoms with Gasteiger partial charge in [0.25, 0.3) is 11.6 Å². The third-order valence-electron chi connectivity index (χ3n) is 9.47. The Balaban J connectivity index is 1.38. The highest BCUT2D eigenvalue weighted by Gasteiger charge is 2.24. The average molecular weight is 703 g/mol. The molecule has 0 spiro atoms. The predicted molar refractivity (Wildman–Crippen MR) is 208 cm³/mol. The second-order valence-electron chi connectivity index (χ2n) is 12.6. The van der Waals surface area contributed by atoms with Gasteiger partial charge < -0.3 is 10.4 Å². The molecule has 2 N–H and O–H groups in total. The Labute approximate surface area is 298 Å². The molecule has 254 valence electrons. The quantitative estimate of drug-likeness (QED) is 0.0923. The molecule has 0 aliphatic heterocycles. The van der Waals surface area contributed by atoms with E-state index in [0.717, 1.165) is 83.5 Å². The summed E-state index contributed by atoms with van der Waals surface area (Å²) in [5.74, 6) is -1.27. The molecule has 0 fully saturated rings. The number of nitro benzene ring substituents is 1. The largest absolute Gasteiger partial charge is 0.395 e. The molecule has 8 rings (SSSR count). The molecular weight excluding hydrogens is 673 g/mol. The first kappa shape index (κ1) is 32.8. The van der Waals surface area contributed by atoms with Crippen LogP contribution in [0.2, 0.25) is 0 Å². The van der Waals surface area contributed by atoms with Crippen molar-refractivity contribution in [3.8, 4) is 22.3 Å². The molecule has 0 aromatic heterocycles. The number of nitrogens with one attached hydrogen (secondary N) is 1. The molecule has 0 aliphatic rings. The first-order valence-corrected chi connectivity index (χ1v) is 18.3. The Morgan fingerprint density at radius 1 is 0.615 bits per heavy atom. The number of sulfone groups is 1. The number of non-ortho nitro benzene ring substituents is 1. The lowest BCUT2D eigenvalue weighted by atomic mass is 9.88. The SMILES string of the molecule is O=C(Nc1cc([N+](=O)[O-])ccc1S(=O)(=O)CCO)c1cc(-c2cc3ccccc3c3ccccc23)cc(-c2cc3ccccc3c3ccccc23)c1. The molecule has 0 saturated heterocycles. The molecule has 8 aromatic carbocycles. The van der Waals surface area contributed by atoms with Crippen molar-refractivity contribution < 1.29 is 23.2 Å². The fourth-order valence-electron chi connectivity index (χ4n) is 7.08. The van der Waals surface area contributed by atoms with Gasteiger partial charge in [0.15, 0.2) is 9.84 Å². The van der Waals surface area contributed by atoms with E-state index in [1.807, 2.05) is 48.5 Å². The van der Waals surface area contributed by atoms with Crippen molar-refractivity contribution in [2.45, 2.75) is 4.90 Å². The molecule has 0 saturated carbocycles. The highest BCUT2D eigenvalue weighted by Crippen LogP contribution is 2.40. The summed E-state index contributed by atoms with van der Waals surface area (Å²) < 4.78 is 26.2. The van der Waals surface area contributed by atoms with E-state index in [-0.39, 0.29) is 16.1 Å². The summed E-state index contributed by atoms with van der Waals surface area (Å²) in [6.45, 7) is -0.655. The second kappa shape index (κ2) is 13.0. The minimum atomic E-state index is -4.09. The average Bonchev–Trinajstić information content (AvgIpc) is 3.17. The number of aliphatic hydroxyl groups excluding tert-OH is 1. The summed E-state index contributed by atoms with van der Waals surface area (Å²) in [5.41, 5.74) is 2.90. The van der Waals surface area contributed by atoms with Crippen LogP contribution in [0, 0.1) is 10.1 Å². The Morgan fingerprint density at radius 2 is 1.10 bits per heavy atom. The molecular formula is C43H30N2O6S. The topological polar surface area (TPSA) is 127 Å². The van der Waals surface area contributed by atoms with Crippen LogP contribution in [0.4, 0.5) is 11.4 Å². The van der Waals surface area contributed by atoms with Crippen LogP contribution < -0.4 is 5.32 Å². The molecule has 0 heterocycles. The van der Waals surface area contributed by atoms with Crippen molar-refractivity contribution in [1.82, 2.24) is 0 Å². The van der Waals surface area contributed by atoms with Gasteiger partial charge in [-0.2, -0.15) is 0 Å². The second-order valence-corrected chi connectivity index (χ2v) is 14.7. The van der Waals surface area contributed by atoms with Crippen LogP contribution in [0.3, 0.4) is 0 Å². The van der Waals surface area contributed by atoms with Crippen LogP contribution in [0.5, 0.6) is 0 Å². The number of anilines is 1. The van der Waals surface area contributed by atoms with Crippen LogP contribution in [0.25, 0.3) is 65.3 Å². The highest BCUT2D eigenvalue weighted by molar-refractivity contribution is 7.91. The summed E-state index contributed by atoms with van der Waals surface area (Å²) in [4.78, 5) is 25.0.